The van der Waals surface area contributed by atoms with Crippen LogP contribution in [0.5, 0.6) is 5.75 Å². The van der Waals surface area contributed by atoms with E-state index in [2.05, 4.69) is 10.4 Å². The number of hydrogen-bond donors (Lipinski definition) is 0. The summed E-state index contributed by atoms with van der Waals surface area (Å²) >= 11 is 0. The third kappa shape index (κ3) is 1.54. The van der Waals surface area contributed by atoms with E-state index in [1.165, 1.54) is 0 Å². The second-order valence-electron chi connectivity index (χ2n) is 3.65. The molecule has 0 amide bonds. The fourth-order valence-corrected chi connectivity index (χ4v) is 1.95. The van der Waals surface area contributed by atoms with Crippen molar-refractivity contribution in [2.24, 2.45) is 0 Å². The number of methoxy groups -OCH3 is 1. The normalized spacial score (nSPS) is 10.6. The Morgan fingerprint density at radius 3 is 2.76 bits per heavy atom. The Morgan fingerprint density at radius 2 is 2.00 bits per heavy atom. The van der Waals surface area contributed by atoms with Crippen molar-refractivity contribution in [3.05, 3.63) is 42.6 Å². The van der Waals surface area contributed by atoms with Gasteiger partial charge in [-0.2, -0.15) is 0 Å². The van der Waals surface area contributed by atoms with Crippen molar-refractivity contribution < 1.29 is 9.26 Å². The minimum atomic E-state index is 0.610. The lowest BCUT2D eigenvalue weighted by Crippen LogP contribution is -1.88. The van der Waals surface area contributed by atoms with E-state index in [0.29, 0.717) is 5.76 Å². The molecule has 0 radical (unpaired) electrons. The monoisotopic (exact) mass is 226 g/mol. The van der Waals surface area contributed by atoms with Crippen LogP contribution in [0.1, 0.15) is 0 Å². The first-order valence-electron chi connectivity index (χ1n) is 5.23. The van der Waals surface area contributed by atoms with Crippen LogP contribution in [0.4, 0.5) is 0 Å². The molecular formula is C13H10N2O2. The molecule has 84 valence electrons. The molecule has 0 saturated heterocycles. The summed E-state index contributed by atoms with van der Waals surface area (Å²) in [6.07, 6.45) is 1.59. The lowest BCUT2D eigenvalue weighted by Gasteiger charge is -2.08. The molecule has 17 heavy (non-hydrogen) atoms. The van der Waals surface area contributed by atoms with E-state index in [4.69, 9.17) is 9.26 Å². The summed E-state index contributed by atoms with van der Waals surface area (Å²) in [6.45, 7) is 0. The van der Waals surface area contributed by atoms with Crippen LogP contribution in [0.2, 0.25) is 0 Å². The first-order valence-corrected chi connectivity index (χ1v) is 5.23. The van der Waals surface area contributed by atoms with Gasteiger partial charge in [0.15, 0.2) is 5.76 Å². The lowest BCUT2D eigenvalue weighted by molar-refractivity contribution is 0.394. The van der Waals surface area contributed by atoms with Crippen LogP contribution < -0.4 is 4.74 Å². The van der Waals surface area contributed by atoms with Gasteiger partial charge in [0.2, 0.25) is 0 Å². The van der Waals surface area contributed by atoms with Gasteiger partial charge in [-0.1, -0.05) is 30.3 Å². The van der Waals surface area contributed by atoms with Crippen molar-refractivity contribution in [1.29, 1.82) is 0 Å². The van der Waals surface area contributed by atoms with Crippen molar-refractivity contribution in [3.8, 4) is 17.1 Å². The Balaban J connectivity index is 2.39. The minimum Gasteiger partial charge on any atom is -0.496 e. The summed E-state index contributed by atoms with van der Waals surface area (Å²) in [7, 11) is 1.64. The Hall–Kier alpha value is -2.36. The number of benzene rings is 2. The number of nitrogens with zero attached hydrogens (tertiary/aromatic N) is 2. The molecule has 0 atom stereocenters. The molecule has 0 fully saturated rings. The van der Waals surface area contributed by atoms with Crippen molar-refractivity contribution >= 4 is 10.8 Å². The van der Waals surface area contributed by atoms with Crippen molar-refractivity contribution in [2.45, 2.75) is 0 Å². The Labute approximate surface area is 97.8 Å². The van der Waals surface area contributed by atoms with E-state index in [1.807, 2.05) is 36.4 Å². The first-order chi connectivity index (χ1) is 8.40. The van der Waals surface area contributed by atoms with E-state index in [9.17, 15) is 0 Å². The van der Waals surface area contributed by atoms with Gasteiger partial charge in [-0.05, 0) is 16.8 Å². The Bertz CT molecular complexity index is 648. The predicted molar refractivity (Wildman–Crippen MR) is 63.8 cm³/mol. The second kappa shape index (κ2) is 3.90. The molecule has 3 rings (SSSR count). The maximum atomic E-state index is 5.36. The fourth-order valence-electron chi connectivity index (χ4n) is 1.95. The molecule has 0 aliphatic heterocycles. The summed E-state index contributed by atoms with van der Waals surface area (Å²) in [5, 5.41) is 9.39. The van der Waals surface area contributed by atoms with Crippen LogP contribution in [0.25, 0.3) is 22.1 Å². The minimum absolute atomic E-state index is 0.610. The zero-order chi connectivity index (χ0) is 11.7. The van der Waals surface area contributed by atoms with Crippen molar-refractivity contribution in [3.63, 3.8) is 0 Å². The highest BCUT2D eigenvalue weighted by atomic mass is 16.5. The molecule has 0 N–H and O–H groups in total. The number of ether oxygens (including phenoxy) is 1. The van der Waals surface area contributed by atoms with Gasteiger partial charge in [-0.3, -0.25) is 0 Å². The maximum absolute atomic E-state index is 5.36. The first kappa shape index (κ1) is 9.84. The highest BCUT2D eigenvalue weighted by Crippen LogP contribution is 2.36. The molecule has 0 unspecified atom stereocenters. The number of rotatable bonds is 2. The largest absolute Gasteiger partial charge is 0.496 e. The summed E-state index contributed by atoms with van der Waals surface area (Å²) in [4.78, 5) is 0. The number of fused-ring (bicyclic) bond motifs is 1. The van der Waals surface area contributed by atoms with Crippen LogP contribution in [0.3, 0.4) is 0 Å². The van der Waals surface area contributed by atoms with Crippen LogP contribution in [0.15, 0.2) is 47.1 Å². The Morgan fingerprint density at radius 1 is 1.12 bits per heavy atom. The van der Waals surface area contributed by atoms with Crippen molar-refractivity contribution in [1.82, 2.24) is 10.4 Å². The molecule has 4 nitrogen and oxygen atoms in total. The van der Waals surface area contributed by atoms with E-state index < -0.39 is 0 Å². The lowest BCUT2D eigenvalue weighted by atomic mass is 10.0. The molecule has 1 aromatic heterocycles. The third-order valence-electron chi connectivity index (χ3n) is 2.72. The van der Waals surface area contributed by atoms with E-state index in [0.717, 1.165) is 22.1 Å². The zero-order valence-electron chi connectivity index (χ0n) is 9.25. The second-order valence-corrected chi connectivity index (χ2v) is 3.65. The third-order valence-corrected chi connectivity index (χ3v) is 2.72. The molecule has 0 bridgehead atoms. The highest BCUT2D eigenvalue weighted by molar-refractivity contribution is 5.98. The highest BCUT2D eigenvalue weighted by Gasteiger charge is 2.13. The van der Waals surface area contributed by atoms with Gasteiger partial charge in [0.05, 0.1) is 18.9 Å². The van der Waals surface area contributed by atoms with Crippen LogP contribution in [0, 0.1) is 0 Å². The van der Waals surface area contributed by atoms with Crippen LogP contribution in [-0.2, 0) is 0 Å². The van der Waals surface area contributed by atoms with Gasteiger partial charge in [-0.15, -0.1) is 5.10 Å². The molecule has 3 aromatic rings. The summed E-state index contributed by atoms with van der Waals surface area (Å²) in [5.41, 5.74) is 0.885. The number of aromatic nitrogens is 2. The topological polar surface area (TPSA) is 48.2 Å². The maximum Gasteiger partial charge on any atom is 0.191 e. The number of hydrogen-bond acceptors (Lipinski definition) is 4. The van der Waals surface area contributed by atoms with Gasteiger partial charge >= 0.3 is 0 Å². The molecule has 0 spiro atoms. The molecule has 1 heterocycles. The predicted octanol–water partition coefficient (Wildman–Crippen LogP) is 2.90. The van der Waals surface area contributed by atoms with E-state index >= 15 is 0 Å². The summed E-state index contributed by atoms with van der Waals surface area (Å²) in [5.74, 6) is 1.36. The average Bonchev–Trinajstić information content (AvgIpc) is 2.91. The average molecular weight is 226 g/mol. The van der Waals surface area contributed by atoms with Gasteiger partial charge in [0.1, 0.15) is 5.75 Å². The molecule has 0 aliphatic rings. The molecule has 0 saturated carbocycles. The smallest absolute Gasteiger partial charge is 0.191 e. The fraction of sp³-hybridized carbons (Fsp3) is 0.0769. The van der Waals surface area contributed by atoms with Gasteiger partial charge in [0.25, 0.3) is 0 Å². The SMILES string of the molecule is COc1ccc2ccccc2c1-c1cnno1. The molecule has 4 heteroatoms. The van der Waals surface area contributed by atoms with Gasteiger partial charge in [-0.25, -0.2) is 0 Å². The molecule has 2 aromatic carbocycles. The standard InChI is InChI=1S/C13H10N2O2/c1-16-11-7-6-9-4-2-3-5-10(9)13(11)12-8-14-15-17-12/h2-8H,1H3. The molecule has 0 aliphatic carbocycles. The van der Waals surface area contributed by atoms with E-state index in [-0.39, 0.29) is 0 Å². The van der Waals surface area contributed by atoms with Gasteiger partial charge < -0.3 is 9.26 Å². The quantitative estimate of drug-likeness (QED) is 0.674. The molecular weight excluding hydrogens is 216 g/mol. The summed E-state index contributed by atoms with van der Waals surface area (Å²) < 4.78 is 10.5. The zero-order valence-corrected chi connectivity index (χ0v) is 9.25. The van der Waals surface area contributed by atoms with E-state index in [1.54, 1.807) is 13.3 Å². The van der Waals surface area contributed by atoms with Gasteiger partial charge in [0, 0.05) is 5.27 Å². The van der Waals surface area contributed by atoms with Crippen LogP contribution >= 0.6 is 0 Å². The van der Waals surface area contributed by atoms with Crippen molar-refractivity contribution in [2.75, 3.05) is 7.11 Å². The Kier molecular flexibility index (Phi) is 2.26. The van der Waals surface area contributed by atoms with Crippen LogP contribution in [-0.4, -0.2) is 17.5 Å². The summed E-state index contributed by atoms with van der Waals surface area (Å²) in [6, 6.07) is 12.0.